The first-order valence-electron chi connectivity index (χ1n) is 4.02. The van der Waals surface area contributed by atoms with Gasteiger partial charge in [-0.2, -0.15) is 0 Å². The minimum atomic E-state index is -1.73. The molecule has 0 fully saturated rings. The molecule has 0 aliphatic carbocycles. The van der Waals surface area contributed by atoms with Crippen molar-refractivity contribution in [2.24, 2.45) is 0 Å². The maximum Gasteiger partial charge on any atom is 0.342 e. The van der Waals surface area contributed by atoms with Crippen LogP contribution in [0.5, 0.6) is 0 Å². The van der Waals surface area contributed by atoms with Crippen LogP contribution in [0.25, 0.3) is 0 Å². The summed E-state index contributed by atoms with van der Waals surface area (Å²) in [6, 6.07) is 8.08. The zero-order valence-electron chi connectivity index (χ0n) is 7.64. The molecule has 0 aromatic heterocycles. The third-order valence-corrected chi connectivity index (χ3v) is 1.73. The fourth-order valence-corrected chi connectivity index (χ4v) is 0.979. The number of ether oxygens (including phenoxy) is 1. The highest BCUT2D eigenvalue weighted by molar-refractivity contribution is 6.10. The van der Waals surface area contributed by atoms with Crippen LogP contribution in [0, 0.1) is 0 Å². The molecule has 4 nitrogen and oxygen atoms in total. The van der Waals surface area contributed by atoms with E-state index in [-0.39, 0.29) is 5.56 Å². The molecule has 0 amide bonds. The summed E-state index contributed by atoms with van der Waals surface area (Å²) in [4.78, 5) is 22.2. The van der Waals surface area contributed by atoms with Crippen LogP contribution in [0.1, 0.15) is 10.4 Å². The molecule has 0 saturated heterocycles. The van der Waals surface area contributed by atoms with Crippen molar-refractivity contribution in [3.63, 3.8) is 0 Å². The first-order chi connectivity index (χ1) is 6.66. The van der Waals surface area contributed by atoms with Gasteiger partial charge in [0.05, 0.1) is 7.11 Å². The SMILES string of the molecule is COC(=O)C(O)C(=O)c1ccccc1. The number of carbonyl (C=O) groups is 2. The number of esters is 1. The Morgan fingerprint density at radius 3 is 2.36 bits per heavy atom. The highest BCUT2D eigenvalue weighted by atomic mass is 16.5. The van der Waals surface area contributed by atoms with Gasteiger partial charge in [-0.1, -0.05) is 30.3 Å². The maximum atomic E-state index is 11.4. The second kappa shape index (κ2) is 4.53. The van der Waals surface area contributed by atoms with Crippen LogP contribution < -0.4 is 0 Å². The predicted molar refractivity (Wildman–Crippen MR) is 48.8 cm³/mol. The van der Waals surface area contributed by atoms with Crippen molar-refractivity contribution in [2.45, 2.75) is 6.10 Å². The van der Waals surface area contributed by atoms with E-state index in [0.29, 0.717) is 0 Å². The summed E-state index contributed by atoms with van der Waals surface area (Å²) >= 11 is 0. The van der Waals surface area contributed by atoms with Crippen molar-refractivity contribution >= 4 is 11.8 Å². The molecule has 0 radical (unpaired) electrons. The van der Waals surface area contributed by atoms with E-state index in [1.807, 2.05) is 0 Å². The van der Waals surface area contributed by atoms with Crippen molar-refractivity contribution in [3.05, 3.63) is 35.9 Å². The van der Waals surface area contributed by atoms with Gasteiger partial charge >= 0.3 is 5.97 Å². The Kier molecular flexibility index (Phi) is 3.36. The number of ketones is 1. The quantitative estimate of drug-likeness (QED) is 0.430. The molecule has 0 aliphatic heterocycles. The molecule has 1 unspecified atom stereocenters. The van der Waals surface area contributed by atoms with Gasteiger partial charge in [0, 0.05) is 5.56 Å². The third-order valence-electron chi connectivity index (χ3n) is 1.73. The number of aliphatic hydroxyl groups excluding tert-OH is 1. The van der Waals surface area contributed by atoms with Crippen LogP contribution >= 0.6 is 0 Å². The number of benzene rings is 1. The molecule has 1 aromatic carbocycles. The van der Waals surface area contributed by atoms with Gasteiger partial charge < -0.3 is 9.84 Å². The lowest BCUT2D eigenvalue weighted by atomic mass is 10.1. The molecule has 1 aromatic rings. The highest BCUT2D eigenvalue weighted by Gasteiger charge is 2.25. The van der Waals surface area contributed by atoms with Gasteiger partial charge in [0.15, 0.2) is 0 Å². The normalized spacial score (nSPS) is 11.9. The highest BCUT2D eigenvalue weighted by Crippen LogP contribution is 2.04. The fraction of sp³-hybridized carbons (Fsp3) is 0.200. The summed E-state index contributed by atoms with van der Waals surface area (Å²) in [5.74, 6) is -1.60. The van der Waals surface area contributed by atoms with Gasteiger partial charge in [0.25, 0.3) is 0 Å². The number of aliphatic hydroxyl groups is 1. The van der Waals surface area contributed by atoms with Crippen LogP contribution in [-0.4, -0.2) is 30.1 Å². The van der Waals surface area contributed by atoms with E-state index < -0.39 is 17.9 Å². The average Bonchev–Trinajstić information content (AvgIpc) is 2.27. The molecule has 0 spiro atoms. The lowest BCUT2D eigenvalue weighted by molar-refractivity contribution is -0.147. The molecule has 14 heavy (non-hydrogen) atoms. The van der Waals surface area contributed by atoms with Crippen LogP contribution in [-0.2, 0) is 9.53 Å². The standard InChI is InChI=1S/C10H10O4/c1-14-10(13)9(12)8(11)7-5-3-2-4-6-7/h2-6,9,12H,1H3. The summed E-state index contributed by atoms with van der Waals surface area (Å²) in [5, 5.41) is 9.22. The van der Waals surface area contributed by atoms with Crippen LogP contribution in [0.4, 0.5) is 0 Å². The number of methoxy groups -OCH3 is 1. The summed E-state index contributed by atoms with van der Waals surface area (Å²) in [5.41, 5.74) is 0.283. The Morgan fingerprint density at radius 1 is 1.29 bits per heavy atom. The zero-order chi connectivity index (χ0) is 10.6. The van der Waals surface area contributed by atoms with E-state index in [1.165, 1.54) is 12.1 Å². The molecule has 0 bridgehead atoms. The van der Waals surface area contributed by atoms with E-state index >= 15 is 0 Å². The maximum absolute atomic E-state index is 11.4. The minimum absolute atomic E-state index is 0.283. The van der Waals surface area contributed by atoms with Crippen LogP contribution in [0.2, 0.25) is 0 Å². The lowest BCUT2D eigenvalue weighted by Crippen LogP contribution is -2.30. The molecule has 4 heteroatoms. The molecule has 0 heterocycles. The molecule has 0 aliphatic rings. The molecule has 0 saturated carbocycles. The smallest absolute Gasteiger partial charge is 0.342 e. The predicted octanol–water partition coefficient (Wildman–Crippen LogP) is 0.403. The van der Waals surface area contributed by atoms with E-state index in [2.05, 4.69) is 4.74 Å². The van der Waals surface area contributed by atoms with Gasteiger partial charge in [-0.25, -0.2) is 4.79 Å². The summed E-state index contributed by atoms with van der Waals surface area (Å²) in [6.07, 6.45) is -1.73. The van der Waals surface area contributed by atoms with Gasteiger partial charge in [-0.15, -0.1) is 0 Å². The van der Waals surface area contributed by atoms with Crippen molar-refractivity contribution in [3.8, 4) is 0 Å². The summed E-state index contributed by atoms with van der Waals surface area (Å²) < 4.78 is 4.24. The van der Waals surface area contributed by atoms with Crippen molar-refractivity contribution in [1.29, 1.82) is 0 Å². The van der Waals surface area contributed by atoms with Gasteiger partial charge in [0.2, 0.25) is 11.9 Å². The van der Waals surface area contributed by atoms with E-state index in [4.69, 9.17) is 0 Å². The molecular weight excluding hydrogens is 184 g/mol. The van der Waals surface area contributed by atoms with Crippen molar-refractivity contribution in [1.82, 2.24) is 0 Å². The third kappa shape index (κ3) is 2.17. The Balaban J connectivity index is 2.81. The van der Waals surface area contributed by atoms with Crippen LogP contribution in [0.3, 0.4) is 0 Å². The Bertz CT molecular complexity index is 331. The van der Waals surface area contributed by atoms with E-state index in [1.54, 1.807) is 18.2 Å². The van der Waals surface area contributed by atoms with Crippen LogP contribution in [0.15, 0.2) is 30.3 Å². The first-order valence-corrected chi connectivity index (χ1v) is 4.02. The summed E-state index contributed by atoms with van der Waals surface area (Å²) in [6.45, 7) is 0. The topological polar surface area (TPSA) is 63.6 Å². The monoisotopic (exact) mass is 194 g/mol. The van der Waals surface area contributed by atoms with Gasteiger partial charge in [0.1, 0.15) is 0 Å². The van der Waals surface area contributed by atoms with Crippen molar-refractivity contribution in [2.75, 3.05) is 7.11 Å². The Labute approximate surface area is 81.1 Å². The van der Waals surface area contributed by atoms with E-state index in [9.17, 15) is 14.7 Å². The number of carbonyl (C=O) groups excluding carboxylic acids is 2. The number of hydrogen-bond acceptors (Lipinski definition) is 4. The van der Waals surface area contributed by atoms with Gasteiger partial charge in [-0.05, 0) is 0 Å². The fourth-order valence-electron chi connectivity index (χ4n) is 0.979. The molecule has 1 rings (SSSR count). The van der Waals surface area contributed by atoms with Crippen molar-refractivity contribution < 1.29 is 19.4 Å². The minimum Gasteiger partial charge on any atom is -0.467 e. The average molecular weight is 194 g/mol. The molecule has 1 atom stereocenters. The summed E-state index contributed by atoms with van der Waals surface area (Å²) in [7, 11) is 1.11. The largest absolute Gasteiger partial charge is 0.467 e. The van der Waals surface area contributed by atoms with E-state index in [0.717, 1.165) is 7.11 Å². The second-order valence-electron chi connectivity index (χ2n) is 2.66. The number of rotatable bonds is 3. The molecular formula is C10H10O4. The number of Topliss-reactive ketones (excluding diaryl/α,β-unsaturated/α-hetero) is 1. The molecule has 1 N–H and O–H groups in total. The zero-order valence-corrected chi connectivity index (χ0v) is 7.64. The Hall–Kier alpha value is -1.68. The first kappa shape index (κ1) is 10.4. The Morgan fingerprint density at radius 2 is 1.86 bits per heavy atom. The molecule has 74 valence electrons. The van der Waals surface area contributed by atoms with Gasteiger partial charge in [-0.3, -0.25) is 4.79 Å². The number of hydrogen-bond donors (Lipinski definition) is 1. The lowest BCUT2D eigenvalue weighted by Gasteiger charge is -2.06. The second-order valence-corrected chi connectivity index (χ2v) is 2.66.